The number of ether oxygens (including phenoxy) is 2. The summed E-state index contributed by atoms with van der Waals surface area (Å²) >= 11 is 0. The molecular formula is C45H47F2N9O6. The van der Waals surface area contributed by atoms with Gasteiger partial charge in [0.15, 0.2) is 5.82 Å². The number of aromatic nitrogens is 4. The second kappa shape index (κ2) is 15.4. The van der Waals surface area contributed by atoms with Crippen molar-refractivity contribution in [2.24, 2.45) is 0 Å². The Morgan fingerprint density at radius 1 is 0.887 bits per heavy atom. The van der Waals surface area contributed by atoms with Gasteiger partial charge in [-0.3, -0.25) is 29.2 Å². The minimum Gasteiger partial charge on any atom is -0.496 e. The van der Waals surface area contributed by atoms with Crippen molar-refractivity contribution < 1.29 is 37.4 Å². The van der Waals surface area contributed by atoms with Gasteiger partial charge < -0.3 is 33.5 Å². The number of hydrogen-bond acceptors (Lipinski definition) is 10. The van der Waals surface area contributed by atoms with Gasteiger partial charge in [0, 0.05) is 105 Å². The first-order chi connectivity index (χ1) is 30.0. The Morgan fingerprint density at radius 2 is 1.69 bits per heavy atom. The lowest BCUT2D eigenvalue weighted by Gasteiger charge is -2.35. The first-order valence-electron chi connectivity index (χ1n) is 21.2. The van der Waals surface area contributed by atoms with E-state index >= 15 is 8.78 Å². The number of nitrogens with one attached hydrogen (secondary N) is 1. The zero-order valence-corrected chi connectivity index (χ0v) is 34.8. The van der Waals surface area contributed by atoms with Crippen LogP contribution < -0.4 is 24.6 Å². The molecule has 10 rings (SSSR count). The Hall–Kier alpha value is -6.52. The van der Waals surface area contributed by atoms with Crippen LogP contribution in [-0.2, 0) is 40.3 Å². The molecule has 5 aliphatic rings. The number of imide groups is 1. The summed E-state index contributed by atoms with van der Waals surface area (Å²) in [5.74, 6) is 0.513. The topological polar surface area (TPSA) is 147 Å². The summed E-state index contributed by atoms with van der Waals surface area (Å²) in [6.45, 7) is 4.75. The SMILES string of the molecule is COc1cn2ccnc2cc1-c1cc2c(cc1C(F)F)N(c1nn(C3CCN(c4cc5c(c(OC)c4)C(=O)N(C4CCC(=O)NC4=O)C5)CC3)c3c1CN(C(C)=O)CC3)CCC2. The Balaban J connectivity index is 0.950. The molecule has 2 fully saturated rings. The van der Waals surface area contributed by atoms with Gasteiger partial charge in [-0.2, -0.15) is 5.10 Å². The number of methoxy groups -OCH3 is 2. The van der Waals surface area contributed by atoms with E-state index in [2.05, 4.69) is 24.8 Å². The van der Waals surface area contributed by atoms with Crippen molar-refractivity contribution in [3.63, 3.8) is 0 Å². The maximum absolute atomic E-state index is 15.2. The van der Waals surface area contributed by atoms with E-state index in [0.717, 1.165) is 47.3 Å². The van der Waals surface area contributed by atoms with E-state index in [1.807, 2.05) is 23.1 Å². The lowest BCUT2D eigenvalue weighted by atomic mass is 9.91. The molecule has 1 N–H and O–H groups in total. The van der Waals surface area contributed by atoms with Crippen LogP contribution >= 0.6 is 0 Å². The highest BCUT2D eigenvalue weighted by Crippen LogP contribution is 2.46. The van der Waals surface area contributed by atoms with Crippen molar-refractivity contribution in [1.29, 1.82) is 0 Å². The average Bonchev–Trinajstić information content (AvgIpc) is 4.00. The molecule has 0 radical (unpaired) electrons. The van der Waals surface area contributed by atoms with Crippen LogP contribution in [0.1, 0.15) is 89.8 Å². The first kappa shape index (κ1) is 39.6. The summed E-state index contributed by atoms with van der Waals surface area (Å²) in [7, 11) is 3.07. The number of carbonyl (C=O) groups excluding carboxylic acids is 4. The second-order valence-corrected chi connectivity index (χ2v) is 16.8. The molecular weight excluding hydrogens is 801 g/mol. The quantitative estimate of drug-likeness (QED) is 0.192. The van der Waals surface area contributed by atoms with Crippen molar-refractivity contribution >= 4 is 46.5 Å². The molecule has 5 aliphatic heterocycles. The zero-order valence-electron chi connectivity index (χ0n) is 34.8. The lowest BCUT2D eigenvalue weighted by Crippen LogP contribution is -2.52. The molecule has 322 valence electrons. The molecule has 5 aromatic rings. The molecule has 0 aliphatic carbocycles. The number of nitrogens with zero attached hydrogens (tertiary/aromatic N) is 8. The number of alkyl halides is 2. The largest absolute Gasteiger partial charge is 0.496 e. The minimum absolute atomic E-state index is 0.0265. The maximum atomic E-state index is 15.2. The van der Waals surface area contributed by atoms with Gasteiger partial charge in [-0.1, -0.05) is 0 Å². The summed E-state index contributed by atoms with van der Waals surface area (Å²) in [5, 5.41) is 7.70. The summed E-state index contributed by atoms with van der Waals surface area (Å²) < 4.78 is 45.7. The number of piperidine rings is 2. The number of amides is 4. The van der Waals surface area contributed by atoms with Crippen molar-refractivity contribution in [3.8, 4) is 22.6 Å². The smallest absolute Gasteiger partial charge is 0.264 e. The third kappa shape index (κ3) is 6.59. The van der Waals surface area contributed by atoms with Crippen molar-refractivity contribution in [2.75, 3.05) is 50.2 Å². The van der Waals surface area contributed by atoms with Crippen molar-refractivity contribution in [1.82, 2.24) is 34.3 Å². The van der Waals surface area contributed by atoms with Crippen LogP contribution in [-0.4, -0.2) is 99.0 Å². The van der Waals surface area contributed by atoms with E-state index in [1.54, 1.807) is 42.0 Å². The molecule has 62 heavy (non-hydrogen) atoms. The van der Waals surface area contributed by atoms with Gasteiger partial charge in [0.2, 0.25) is 17.7 Å². The monoisotopic (exact) mass is 847 g/mol. The number of pyridine rings is 1. The number of aryl methyl sites for hydroxylation is 1. The molecule has 1 unspecified atom stereocenters. The zero-order chi connectivity index (χ0) is 43.0. The number of carbonyl (C=O) groups is 4. The fourth-order valence-electron chi connectivity index (χ4n) is 10.2. The van der Waals surface area contributed by atoms with Gasteiger partial charge in [0.1, 0.15) is 23.2 Å². The van der Waals surface area contributed by atoms with E-state index in [1.165, 1.54) is 19.1 Å². The Bertz CT molecular complexity index is 2670. The van der Waals surface area contributed by atoms with E-state index < -0.39 is 18.4 Å². The third-order valence-electron chi connectivity index (χ3n) is 13.3. The number of hydrogen-bond donors (Lipinski definition) is 1. The van der Waals surface area contributed by atoms with Crippen molar-refractivity contribution in [2.45, 2.75) is 83.5 Å². The van der Waals surface area contributed by atoms with Crippen LogP contribution in [0.25, 0.3) is 16.8 Å². The molecule has 0 bridgehead atoms. The third-order valence-corrected chi connectivity index (χ3v) is 13.3. The molecule has 2 saturated heterocycles. The standard InChI is InChI=1S/C45H47F2N9O6/c1-25(57)52-15-10-34-33(23-52)43(54-12-4-5-26-18-30(32(42(46)47)20-36(26)54)31-21-39-48-11-16-53(39)24-38(31)62-3)50-56(34)28-8-13-51(14-9-28)29-17-27-22-55(35-6-7-40(58)49-44(35)59)45(60)41(27)37(19-29)61-2/h11,16-21,24,28,35,42H,4-10,12-15,22-23H2,1-3H3,(H,49,58,59). The van der Waals surface area contributed by atoms with Gasteiger partial charge in [0.05, 0.1) is 38.6 Å². The van der Waals surface area contributed by atoms with E-state index in [0.29, 0.717) is 90.9 Å². The highest BCUT2D eigenvalue weighted by atomic mass is 19.3. The summed E-state index contributed by atoms with van der Waals surface area (Å²) in [4.78, 5) is 63.0. The van der Waals surface area contributed by atoms with Gasteiger partial charge in [0.25, 0.3) is 12.3 Å². The highest BCUT2D eigenvalue weighted by Gasteiger charge is 2.42. The van der Waals surface area contributed by atoms with Crippen molar-refractivity contribution in [3.05, 3.63) is 82.4 Å². The fourth-order valence-corrected chi connectivity index (χ4v) is 10.2. The van der Waals surface area contributed by atoms with Gasteiger partial charge in [-0.05, 0) is 73.1 Å². The maximum Gasteiger partial charge on any atom is 0.264 e. The second-order valence-electron chi connectivity index (χ2n) is 16.8. The van der Waals surface area contributed by atoms with Crippen LogP contribution in [0.2, 0.25) is 0 Å². The van der Waals surface area contributed by atoms with Gasteiger partial charge in [-0.25, -0.2) is 13.8 Å². The summed E-state index contributed by atoms with van der Waals surface area (Å²) in [6, 6.07) is 8.48. The lowest BCUT2D eigenvalue weighted by molar-refractivity contribution is -0.137. The number of fused-ring (bicyclic) bond motifs is 4. The number of halogens is 2. The predicted octanol–water partition coefficient (Wildman–Crippen LogP) is 5.74. The molecule has 3 aromatic heterocycles. The molecule has 2 aromatic carbocycles. The Morgan fingerprint density at radius 3 is 2.44 bits per heavy atom. The van der Waals surface area contributed by atoms with E-state index in [9.17, 15) is 19.2 Å². The predicted molar refractivity (Wildman–Crippen MR) is 224 cm³/mol. The van der Waals surface area contributed by atoms with Gasteiger partial charge in [-0.15, -0.1) is 0 Å². The molecule has 0 saturated carbocycles. The van der Waals surface area contributed by atoms with Crippen LogP contribution in [0.4, 0.5) is 26.0 Å². The van der Waals surface area contributed by atoms with Crippen LogP contribution in [0.15, 0.2) is 48.9 Å². The van der Waals surface area contributed by atoms with Gasteiger partial charge >= 0.3 is 0 Å². The molecule has 4 amide bonds. The first-order valence-corrected chi connectivity index (χ1v) is 21.2. The normalized spacial score (nSPS) is 19.3. The van der Waals surface area contributed by atoms with Crippen LogP contribution in [0.3, 0.4) is 0 Å². The molecule has 0 spiro atoms. The number of benzene rings is 2. The molecule has 17 heteroatoms. The number of imidazole rings is 1. The minimum atomic E-state index is -2.76. The molecule has 15 nitrogen and oxygen atoms in total. The Labute approximate surface area is 356 Å². The molecule has 1 atom stereocenters. The number of rotatable bonds is 8. The van der Waals surface area contributed by atoms with E-state index in [-0.39, 0.29) is 48.7 Å². The summed E-state index contributed by atoms with van der Waals surface area (Å²) in [6.07, 6.45) is 6.54. The highest BCUT2D eigenvalue weighted by molar-refractivity contribution is 6.07. The number of anilines is 3. The molecule has 8 heterocycles. The fraction of sp³-hybridized carbons (Fsp3) is 0.422. The van der Waals surface area contributed by atoms with E-state index in [4.69, 9.17) is 14.6 Å². The van der Waals surface area contributed by atoms with Crippen LogP contribution in [0, 0.1) is 0 Å². The summed E-state index contributed by atoms with van der Waals surface area (Å²) in [5.41, 5.74) is 7.25. The Kier molecular flexibility index (Phi) is 9.86. The average molecular weight is 848 g/mol. The van der Waals surface area contributed by atoms with Crippen LogP contribution in [0.5, 0.6) is 11.5 Å².